The van der Waals surface area contributed by atoms with Gasteiger partial charge < -0.3 is 27.9 Å². The largest absolute Gasteiger partial charge is 0.396 e. The van der Waals surface area contributed by atoms with Gasteiger partial charge in [-0.05, 0) is 142 Å². The predicted octanol–water partition coefficient (Wildman–Crippen LogP) is 15.1. The zero-order valence-corrected chi connectivity index (χ0v) is 45.9. The van der Waals surface area contributed by atoms with Crippen LogP contribution in [0.15, 0.2) is 97.0 Å². The van der Waals surface area contributed by atoms with Gasteiger partial charge in [0.2, 0.25) is 23.0 Å². The van der Waals surface area contributed by atoms with Gasteiger partial charge in [-0.25, -0.2) is 0 Å². The first kappa shape index (κ1) is 55.6. The van der Waals surface area contributed by atoms with Gasteiger partial charge in [0.1, 0.15) is 11.6 Å². The van der Waals surface area contributed by atoms with E-state index in [2.05, 4.69) is 60.5 Å². The first-order valence-electron chi connectivity index (χ1n) is 26.9. The minimum absolute atomic E-state index is 0.0681. The molecule has 9 rings (SSSR count). The second kappa shape index (κ2) is 26.4. The Kier molecular flexibility index (Phi) is 19.6. The monoisotopic (exact) mass is 1060 g/mol. The van der Waals surface area contributed by atoms with Gasteiger partial charge in [0.15, 0.2) is 0 Å². The zero-order valence-electron chi connectivity index (χ0n) is 44.3. The van der Waals surface area contributed by atoms with Crippen LogP contribution >= 0.6 is 23.2 Å². The van der Waals surface area contributed by atoms with Crippen molar-refractivity contribution >= 4 is 34.8 Å². The van der Waals surface area contributed by atoms with E-state index in [-0.39, 0.29) is 36.4 Å². The van der Waals surface area contributed by atoms with E-state index in [0.29, 0.717) is 102 Å². The minimum atomic E-state index is -0.130. The summed E-state index contributed by atoms with van der Waals surface area (Å²) in [5.74, 6) is 4.18. The number of ketones is 2. The van der Waals surface area contributed by atoms with Crippen molar-refractivity contribution in [3.8, 4) is 23.0 Å². The molecule has 1 N–H and O–H groups in total. The Morgan fingerprint density at radius 2 is 1.09 bits per heavy atom. The van der Waals surface area contributed by atoms with Crippen LogP contribution in [0.1, 0.15) is 177 Å². The average molecular weight is 1060 g/mol. The van der Waals surface area contributed by atoms with Gasteiger partial charge in [0.25, 0.3) is 0 Å². The Balaban J connectivity index is 0.000000203. The third kappa shape index (κ3) is 15.7. The van der Waals surface area contributed by atoms with Crippen molar-refractivity contribution in [2.75, 3.05) is 13.2 Å². The quantitative estimate of drug-likeness (QED) is 0.0485. The zero-order chi connectivity index (χ0) is 53.0. The first-order chi connectivity index (χ1) is 36.2. The summed E-state index contributed by atoms with van der Waals surface area (Å²) in [7, 11) is 0. The molecule has 12 nitrogen and oxygen atoms in total. The molecule has 3 aromatic carbocycles. The number of aromatic nitrogens is 4. The lowest BCUT2D eigenvalue weighted by Gasteiger charge is -2.16. The van der Waals surface area contributed by atoms with E-state index in [0.717, 1.165) is 113 Å². The highest BCUT2D eigenvalue weighted by atomic mass is 35.5. The number of aryl methyl sites for hydroxylation is 2. The molecule has 0 unspecified atom stereocenters. The Labute approximate surface area is 451 Å². The van der Waals surface area contributed by atoms with Gasteiger partial charge in [0.05, 0.1) is 29.4 Å². The number of aliphatic hydroxyl groups excluding tert-OH is 1. The van der Waals surface area contributed by atoms with Crippen LogP contribution in [0.5, 0.6) is 0 Å². The Morgan fingerprint density at radius 1 is 0.627 bits per heavy atom. The molecule has 4 heterocycles. The molecule has 2 atom stereocenters. The fourth-order valence-electron chi connectivity index (χ4n) is 9.88. The van der Waals surface area contributed by atoms with E-state index >= 15 is 0 Å². The molecule has 2 aliphatic carbocycles. The number of nitrogens with zero attached hydrogens (tertiary/aromatic N) is 4. The molecule has 4 aromatic heterocycles. The van der Waals surface area contributed by atoms with Crippen LogP contribution in [0.3, 0.4) is 0 Å². The normalized spacial score (nSPS) is 14.3. The highest BCUT2D eigenvalue weighted by Crippen LogP contribution is 2.50. The lowest BCUT2D eigenvalue weighted by Crippen LogP contribution is -2.13. The fourth-order valence-corrected chi connectivity index (χ4v) is 10.5. The van der Waals surface area contributed by atoms with Crippen LogP contribution in [-0.2, 0) is 46.6 Å². The Bertz CT molecular complexity index is 2960. The second-order valence-corrected chi connectivity index (χ2v) is 22.5. The van der Waals surface area contributed by atoms with Crippen molar-refractivity contribution in [1.29, 1.82) is 0 Å². The van der Waals surface area contributed by atoms with Crippen molar-refractivity contribution in [3.05, 3.63) is 151 Å². The molecule has 2 saturated carbocycles. The van der Waals surface area contributed by atoms with Gasteiger partial charge in [-0.3, -0.25) is 9.59 Å². The third-order valence-electron chi connectivity index (χ3n) is 13.9. The van der Waals surface area contributed by atoms with E-state index < -0.39 is 0 Å². The molecular weight excluding hydrogens is 988 g/mol. The van der Waals surface area contributed by atoms with Gasteiger partial charge in [-0.2, -0.15) is 0 Å². The average Bonchev–Trinajstić information content (AvgIpc) is 4.18. The van der Waals surface area contributed by atoms with Gasteiger partial charge >= 0.3 is 0 Å². The van der Waals surface area contributed by atoms with Crippen LogP contribution < -0.4 is 0 Å². The number of hydrogen-bond donors (Lipinski definition) is 1. The van der Waals surface area contributed by atoms with E-state index in [9.17, 15) is 14.7 Å². The Hall–Kier alpha value is -5.66. The summed E-state index contributed by atoms with van der Waals surface area (Å²) in [6, 6.07) is 25.7. The minimum Gasteiger partial charge on any atom is -0.396 e. The van der Waals surface area contributed by atoms with Crippen LogP contribution in [-0.4, -0.2) is 50.5 Å². The summed E-state index contributed by atoms with van der Waals surface area (Å²) in [6.45, 7) is 13.8. The van der Waals surface area contributed by atoms with Gasteiger partial charge in [0, 0.05) is 84.0 Å². The molecule has 2 fully saturated rings. The number of hydrogen-bond acceptors (Lipinski definition) is 12. The number of Topliss-reactive ketones (excluding diaryl/α,β-unsaturated/α-hetero) is 2. The summed E-state index contributed by atoms with van der Waals surface area (Å²) >= 11 is 12.8. The van der Waals surface area contributed by atoms with Crippen LogP contribution in [0.2, 0.25) is 10.0 Å². The molecule has 0 spiro atoms. The smallest absolute Gasteiger partial charge is 0.208 e. The number of halogens is 2. The molecular formula is C61H72Cl2N4O8. The molecule has 0 aliphatic heterocycles. The van der Waals surface area contributed by atoms with Crippen molar-refractivity contribution in [2.45, 2.75) is 162 Å². The molecule has 7 aromatic rings. The fraction of sp³-hybridized carbons (Fsp3) is 0.475. The SMILES string of the molecule is Cc1ccc(CC(=O)C[C@H](CCCO)c2noc(-c3cc(CC(C)C)no3)c2C2CC2)c(Cl)c1.Cc1ccc(CC(=O)C[C@H](CCCOCc2ccccc2)c2noc(-c3cc(CC(C)C)no3)c2C2CC2)c(Cl)c1. The number of carbonyl (C=O) groups is 2. The van der Waals surface area contributed by atoms with Crippen molar-refractivity contribution in [3.63, 3.8) is 0 Å². The number of rotatable bonds is 27. The van der Waals surface area contributed by atoms with Crippen LogP contribution in [0.4, 0.5) is 0 Å². The lowest BCUT2D eigenvalue weighted by molar-refractivity contribution is -0.119. The topological polar surface area (TPSA) is 168 Å². The highest BCUT2D eigenvalue weighted by Gasteiger charge is 2.39. The lowest BCUT2D eigenvalue weighted by atomic mass is 9.88. The molecule has 2 aliphatic rings. The summed E-state index contributed by atoms with van der Waals surface area (Å²) < 4.78 is 29.1. The maximum atomic E-state index is 13.4. The van der Waals surface area contributed by atoms with Crippen molar-refractivity contribution < 1.29 is 37.5 Å². The maximum absolute atomic E-state index is 13.4. The van der Waals surface area contributed by atoms with Crippen molar-refractivity contribution in [2.24, 2.45) is 11.8 Å². The van der Waals surface area contributed by atoms with Crippen LogP contribution in [0.25, 0.3) is 23.0 Å². The predicted molar refractivity (Wildman–Crippen MR) is 291 cm³/mol. The van der Waals surface area contributed by atoms with Crippen molar-refractivity contribution in [1.82, 2.24) is 20.6 Å². The second-order valence-electron chi connectivity index (χ2n) is 21.7. The van der Waals surface area contributed by atoms with Crippen LogP contribution in [0, 0.1) is 25.7 Å². The first-order valence-corrected chi connectivity index (χ1v) is 27.6. The summed E-state index contributed by atoms with van der Waals surface area (Å²) in [5.41, 5.74) is 10.6. The Morgan fingerprint density at radius 3 is 1.52 bits per heavy atom. The maximum Gasteiger partial charge on any atom is 0.208 e. The summed E-state index contributed by atoms with van der Waals surface area (Å²) in [6.07, 6.45) is 10.0. The third-order valence-corrected chi connectivity index (χ3v) is 14.6. The summed E-state index contributed by atoms with van der Waals surface area (Å²) in [5, 5.41) is 28.2. The number of aliphatic hydroxyl groups is 1. The van der Waals surface area contributed by atoms with E-state index in [1.54, 1.807) is 0 Å². The molecule has 75 heavy (non-hydrogen) atoms. The standard InChI is InChI=1S/C34H39ClN2O4.C27H33ClN2O4/c1-22(2)16-28-20-31(40-36-28)34-32(25-13-14-25)33(37-41-34)27(10-7-15-39-21-24-8-5-4-6-9-24)19-29(38)18-26-12-11-23(3)17-30(26)35;1-16(2)11-21-15-24(33-29-21)27-25(18-8-9-18)26(30-34-27)20(5-4-10-31)14-22(32)13-19-7-6-17(3)12-23(19)28/h4-6,8-9,11-12,17,20,22,25,27H,7,10,13-16,18-19,21H2,1-3H3;6-7,12,15-16,18,20,31H,4-5,8-11,13-14H2,1-3H3/t27-;20-/m00/s1. The van der Waals surface area contributed by atoms with E-state index in [1.165, 1.54) is 0 Å². The summed E-state index contributed by atoms with van der Waals surface area (Å²) in [4.78, 5) is 26.5. The number of benzene rings is 3. The van der Waals surface area contributed by atoms with E-state index in [1.807, 2.05) is 80.6 Å². The molecule has 14 heteroatoms. The molecule has 0 bridgehead atoms. The molecule has 0 radical (unpaired) electrons. The van der Waals surface area contributed by atoms with Gasteiger partial charge in [-0.1, -0.05) is 126 Å². The number of ether oxygens (including phenoxy) is 1. The molecule has 0 amide bonds. The van der Waals surface area contributed by atoms with Gasteiger partial charge in [-0.15, -0.1) is 0 Å². The highest BCUT2D eigenvalue weighted by molar-refractivity contribution is 6.32. The number of carbonyl (C=O) groups excluding carboxylic acids is 2. The van der Waals surface area contributed by atoms with E-state index in [4.69, 9.17) is 46.0 Å². The molecule has 398 valence electrons. The molecule has 0 saturated heterocycles.